The third-order valence-corrected chi connectivity index (χ3v) is 3.87. The smallest absolute Gasteiger partial charge is 0.303 e. The summed E-state index contributed by atoms with van der Waals surface area (Å²) >= 11 is 0. The first-order valence-corrected chi connectivity index (χ1v) is 8.52. The molecule has 0 bridgehead atoms. The fourth-order valence-corrected chi connectivity index (χ4v) is 2.56. The van der Waals surface area contributed by atoms with Crippen LogP contribution < -0.4 is 10.9 Å². The van der Waals surface area contributed by atoms with Crippen molar-refractivity contribution in [3.05, 3.63) is 40.4 Å². The largest absolute Gasteiger partial charge is 0.481 e. The minimum absolute atomic E-state index is 0.0404. The zero-order chi connectivity index (χ0) is 18.1. The van der Waals surface area contributed by atoms with Crippen molar-refractivity contribution in [2.75, 3.05) is 6.54 Å². The van der Waals surface area contributed by atoms with E-state index in [1.807, 2.05) is 6.07 Å². The summed E-state index contributed by atoms with van der Waals surface area (Å²) in [6, 6.07) is 7.16. The van der Waals surface area contributed by atoms with E-state index in [0.717, 1.165) is 12.8 Å². The van der Waals surface area contributed by atoms with Crippen LogP contribution in [0, 0.1) is 0 Å². The molecule has 3 N–H and O–H groups in total. The number of nitrogens with one attached hydrogen (secondary N) is 2. The molecule has 0 unspecified atom stereocenters. The zero-order valence-electron chi connectivity index (χ0n) is 14.1. The number of benzene rings is 1. The number of carbonyl (C=O) groups is 2. The molecule has 0 aliphatic rings. The van der Waals surface area contributed by atoms with Crippen LogP contribution in [0.25, 0.3) is 10.9 Å². The van der Waals surface area contributed by atoms with E-state index in [-0.39, 0.29) is 17.9 Å². The third-order valence-electron chi connectivity index (χ3n) is 3.87. The van der Waals surface area contributed by atoms with Gasteiger partial charge in [-0.3, -0.25) is 14.4 Å². The van der Waals surface area contributed by atoms with Gasteiger partial charge in [0, 0.05) is 25.8 Å². The highest BCUT2D eigenvalue weighted by Gasteiger charge is 2.05. The Kier molecular flexibility index (Phi) is 7.13. The number of carboxylic acids is 1. The lowest BCUT2D eigenvalue weighted by molar-refractivity contribution is -0.137. The molecule has 0 aliphatic carbocycles. The molecule has 25 heavy (non-hydrogen) atoms. The van der Waals surface area contributed by atoms with E-state index >= 15 is 0 Å². The highest BCUT2D eigenvalue weighted by atomic mass is 16.4. The molecule has 1 aromatic carbocycles. The van der Waals surface area contributed by atoms with Crippen molar-refractivity contribution in [2.24, 2.45) is 0 Å². The number of aliphatic carboxylic acids is 1. The van der Waals surface area contributed by atoms with E-state index in [9.17, 15) is 14.4 Å². The Morgan fingerprint density at radius 2 is 1.88 bits per heavy atom. The average Bonchev–Trinajstić information content (AvgIpc) is 2.58. The number of hydrogen-bond acceptors (Lipinski definition) is 4. The maximum Gasteiger partial charge on any atom is 0.303 e. The first-order valence-electron chi connectivity index (χ1n) is 8.52. The van der Waals surface area contributed by atoms with Crippen molar-refractivity contribution >= 4 is 22.8 Å². The molecule has 7 nitrogen and oxygen atoms in total. The van der Waals surface area contributed by atoms with Crippen LogP contribution in [0.15, 0.2) is 29.1 Å². The second kappa shape index (κ2) is 9.56. The van der Waals surface area contributed by atoms with Crippen LogP contribution >= 0.6 is 0 Å². The van der Waals surface area contributed by atoms with Gasteiger partial charge in [-0.25, -0.2) is 4.98 Å². The maximum atomic E-state index is 12.0. The maximum absolute atomic E-state index is 12.0. The van der Waals surface area contributed by atoms with Gasteiger partial charge in [0.05, 0.1) is 10.9 Å². The molecule has 0 radical (unpaired) electrons. The molecule has 0 saturated heterocycles. The summed E-state index contributed by atoms with van der Waals surface area (Å²) in [6.07, 6.45) is 3.87. The number of hydrogen-bond donors (Lipinski definition) is 3. The number of para-hydroxylation sites is 1. The van der Waals surface area contributed by atoms with Gasteiger partial charge in [0.1, 0.15) is 5.82 Å². The summed E-state index contributed by atoms with van der Waals surface area (Å²) in [7, 11) is 0. The SMILES string of the molecule is O=C(O)CCCCCNC(=O)CCCc1nc2ccccc2c(=O)[nH]1. The fraction of sp³-hybridized carbons (Fsp3) is 0.444. The van der Waals surface area contributed by atoms with Crippen molar-refractivity contribution in [1.82, 2.24) is 15.3 Å². The summed E-state index contributed by atoms with van der Waals surface area (Å²) in [5.41, 5.74) is 0.499. The molecule has 0 fully saturated rings. The lowest BCUT2D eigenvalue weighted by Gasteiger charge is -2.05. The number of unbranched alkanes of at least 4 members (excludes halogenated alkanes) is 2. The lowest BCUT2D eigenvalue weighted by Crippen LogP contribution is -2.24. The number of amides is 1. The number of rotatable bonds is 10. The molecule has 2 aromatic rings. The Hall–Kier alpha value is -2.70. The Balaban J connectivity index is 1.67. The van der Waals surface area contributed by atoms with Crippen LogP contribution in [0.2, 0.25) is 0 Å². The average molecular weight is 345 g/mol. The molecule has 134 valence electrons. The molecule has 2 rings (SSSR count). The van der Waals surface area contributed by atoms with Gasteiger partial charge in [-0.1, -0.05) is 18.6 Å². The Morgan fingerprint density at radius 1 is 1.08 bits per heavy atom. The van der Waals surface area contributed by atoms with Crippen LogP contribution in [-0.4, -0.2) is 33.5 Å². The van der Waals surface area contributed by atoms with Gasteiger partial charge in [-0.05, 0) is 31.4 Å². The highest BCUT2D eigenvalue weighted by Crippen LogP contribution is 2.07. The molecule has 7 heteroatoms. The number of nitrogens with zero attached hydrogens (tertiary/aromatic N) is 1. The van der Waals surface area contributed by atoms with Crippen molar-refractivity contribution in [3.8, 4) is 0 Å². The van der Waals surface area contributed by atoms with Crippen molar-refractivity contribution in [3.63, 3.8) is 0 Å². The molecule has 0 atom stereocenters. The first-order chi connectivity index (χ1) is 12.1. The number of H-pyrrole nitrogens is 1. The topological polar surface area (TPSA) is 112 Å². The van der Waals surface area contributed by atoms with Gasteiger partial charge in [-0.2, -0.15) is 0 Å². The monoisotopic (exact) mass is 345 g/mol. The van der Waals surface area contributed by atoms with Crippen LogP contribution in [0.4, 0.5) is 0 Å². The summed E-state index contributed by atoms with van der Waals surface area (Å²) in [4.78, 5) is 41.2. The third kappa shape index (κ3) is 6.37. The van der Waals surface area contributed by atoms with Crippen LogP contribution in [0.1, 0.15) is 44.3 Å². The van der Waals surface area contributed by atoms with E-state index in [4.69, 9.17) is 5.11 Å². The number of aromatic amines is 1. The summed E-state index contributed by atoms with van der Waals surface area (Å²) < 4.78 is 0. The number of carboxylic acid groups (broad SMARTS) is 1. The van der Waals surface area contributed by atoms with E-state index in [2.05, 4.69) is 15.3 Å². The molecule has 0 aliphatic heterocycles. The Bertz CT molecular complexity index is 785. The van der Waals surface area contributed by atoms with Gasteiger partial charge in [0.15, 0.2) is 0 Å². The molecular weight excluding hydrogens is 322 g/mol. The summed E-state index contributed by atoms with van der Waals surface area (Å²) in [5.74, 6) is -0.240. The van der Waals surface area contributed by atoms with Gasteiger partial charge in [0.2, 0.25) is 5.91 Å². The number of aryl methyl sites for hydroxylation is 1. The van der Waals surface area contributed by atoms with E-state index in [1.165, 1.54) is 0 Å². The second-order valence-electron chi connectivity index (χ2n) is 5.94. The second-order valence-corrected chi connectivity index (χ2v) is 5.94. The van der Waals surface area contributed by atoms with Gasteiger partial charge >= 0.3 is 5.97 Å². The van der Waals surface area contributed by atoms with E-state index in [1.54, 1.807) is 18.2 Å². The van der Waals surface area contributed by atoms with E-state index in [0.29, 0.717) is 49.0 Å². The molecular formula is C18H23N3O4. The quantitative estimate of drug-likeness (QED) is 0.570. The highest BCUT2D eigenvalue weighted by molar-refractivity contribution is 5.77. The molecule has 1 heterocycles. The van der Waals surface area contributed by atoms with E-state index < -0.39 is 5.97 Å². The van der Waals surface area contributed by atoms with Crippen LogP contribution in [-0.2, 0) is 16.0 Å². The normalized spacial score (nSPS) is 10.7. The molecule has 0 saturated carbocycles. The molecule has 0 spiro atoms. The van der Waals surface area contributed by atoms with Crippen molar-refractivity contribution in [1.29, 1.82) is 0 Å². The predicted molar refractivity (Wildman–Crippen MR) is 94.4 cm³/mol. The zero-order valence-corrected chi connectivity index (χ0v) is 14.1. The van der Waals surface area contributed by atoms with Gasteiger partial charge < -0.3 is 15.4 Å². The van der Waals surface area contributed by atoms with Gasteiger partial charge in [-0.15, -0.1) is 0 Å². The predicted octanol–water partition coefficient (Wildman–Crippen LogP) is 2.01. The minimum atomic E-state index is -0.788. The standard InChI is InChI=1S/C18H23N3O4/c22-16(19-12-5-1-2-11-17(23)24)10-6-9-15-20-14-8-4-3-7-13(14)18(25)21-15/h3-4,7-8H,1-2,5-6,9-12H2,(H,19,22)(H,23,24)(H,20,21,25). The lowest BCUT2D eigenvalue weighted by atomic mass is 10.2. The fourth-order valence-electron chi connectivity index (χ4n) is 2.56. The van der Waals surface area contributed by atoms with Crippen molar-refractivity contribution in [2.45, 2.75) is 44.9 Å². The Labute approximate surface area is 145 Å². The van der Waals surface area contributed by atoms with Crippen LogP contribution in [0.5, 0.6) is 0 Å². The Morgan fingerprint density at radius 3 is 2.68 bits per heavy atom. The summed E-state index contributed by atoms with van der Waals surface area (Å²) in [6.45, 7) is 0.559. The number of carbonyl (C=O) groups excluding carboxylic acids is 1. The summed E-state index contributed by atoms with van der Waals surface area (Å²) in [5, 5.41) is 11.9. The molecule has 1 amide bonds. The van der Waals surface area contributed by atoms with Crippen LogP contribution in [0.3, 0.4) is 0 Å². The minimum Gasteiger partial charge on any atom is -0.481 e. The first kappa shape index (κ1) is 18.6. The number of fused-ring (bicyclic) bond motifs is 1. The van der Waals surface area contributed by atoms with Gasteiger partial charge in [0.25, 0.3) is 5.56 Å². The van der Waals surface area contributed by atoms with Crippen molar-refractivity contribution < 1.29 is 14.7 Å². The molecule has 1 aromatic heterocycles. The number of aromatic nitrogens is 2.